The van der Waals surface area contributed by atoms with Crippen LogP contribution in [0.15, 0.2) is 62.9 Å². The predicted octanol–water partition coefficient (Wildman–Crippen LogP) is 3.15. The van der Waals surface area contributed by atoms with Gasteiger partial charge >= 0.3 is 0 Å². The highest BCUT2D eigenvalue weighted by Crippen LogP contribution is 2.37. The van der Waals surface area contributed by atoms with Crippen molar-refractivity contribution >= 4 is 21.6 Å². The summed E-state index contributed by atoms with van der Waals surface area (Å²) in [6, 6.07) is 10.0. The first kappa shape index (κ1) is 21.0. The largest absolute Gasteiger partial charge is 0.419 e. The number of rotatable bonds is 5. The highest BCUT2D eigenvalue weighted by Gasteiger charge is 2.34. The quantitative estimate of drug-likeness (QED) is 0.602. The fourth-order valence-corrected chi connectivity index (χ4v) is 4.84. The van der Waals surface area contributed by atoms with E-state index in [1.165, 1.54) is 18.2 Å². The SMILES string of the molecule is NC(=O)C1CCN(c2oc(-c3ccccc3F)nc2S(=O)(=O)c2ccc(F)cc2)CC1. The third-order valence-corrected chi connectivity index (χ3v) is 6.91. The van der Waals surface area contributed by atoms with Gasteiger partial charge in [0.15, 0.2) is 0 Å². The van der Waals surface area contributed by atoms with Crippen molar-refractivity contribution in [2.45, 2.75) is 22.8 Å². The number of nitrogens with two attached hydrogens (primary N) is 1. The van der Waals surface area contributed by atoms with Gasteiger partial charge in [0.2, 0.25) is 32.5 Å². The molecular formula is C21H19F2N3O4S. The molecule has 0 atom stereocenters. The van der Waals surface area contributed by atoms with Gasteiger partial charge < -0.3 is 15.1 Å². The molecule has 7 nitrogen and oxygen atoms in total. The Hall–Kier alpha value is -3.27. The summed E-state index contributed by atoms with van der Waals surface area (Å²) in [5, 5.41) is -0.394. The van der Waals surface area contributed by atoms with Crippen LogP contribution < -0.4 is 10.6 Å². The van der Waals surface area contributed by atoms with E-state index in [1.807, 2.05) is 0 Å². The molecule has 10 heteroatoms. The van der Waals surface area contributed by atoms with Crippen LogP contribution in [0, 0.1) is 17.6 Å². The molecule has 2 aromatic carbocycles. The van der Waals surface area contributed by atoms with Crippen molar-refractivity contribution < 1.29 is 26.4 Å². The molecule has 1 saturated heterocycles. The summed E-state index contributed by atoms with van der Waals surface area (Å²) in [6.45, 7) is 0.622. The summed E-state index contributed by atoms with van der Waals surface area (Å²) in [7, 11) is -4.19. The van der Waals surface area contributed by atoms with Crippen molar-refractivity contribution in [2.75, 3.05) is 18.0 Å². The van der Waals surface area contributed by atoms with E-state index in [-0.39, 0.29) is 28.2 Å². The Morgan fingerprint density at radius 2 is 1.71 bits per heavy atom. The summed E-state index contributed by atoms with van der Waals surface area (Å²) in [5.41, 5.74) is 5.38. The standard InChI is InChI=1S/C21H19F2N3O4S/c22-14-5-7-15(8-6-14)31(28,29)20-21(26-11-9-13(10-12-26)18(24)27)30-19(25-20)16-3-1-2-4-17(16)23/h1-8,13H,9-12H2,(H2,24,27). The molecule has 0 radical (unpaired) electrons. The number of sulfone groups is 1. The van der Waals surface area contributed by atoms with Gasteiger partial charge in [-0.1, -0.05) is 12.1 Å². The maximum absolute atomic E-state index is 14.3. The Balaban J connectivity index is 1.80. The summed E-state index contributed by atoms with van der Waals surface area (Å²) in [6.07, 6.45) is 0.836. The number of oxazole rings is 1. The van der Waals surface area contributed by atoms with Crippen molar-refractivity contribution in [3.63, 3.8) is 0 Å². The van der Waals surface area contributed by atoms with E-state index in [1.54, 1.807) is 11.0 Å². The zero-order valence-electron chi connectivity index (χ0n) is 16.3. The first-order chi connectivity index (χ1) is 14.8. The second-order valence-electron chi connectivity index (χ2n) is 7.23. The average molecular weight is 447 g/mol. The third-order valence-electron chi connectivity index (χ3n) is 5.25. The minimum atomic E-state index is -4.19. The van der Waals surface area contributed by atoms with E-state index in [0.717, 1.165) is 24.3 Å². The van der Waals surface area contributed by atoms with Crippen LogP contribution in [0.25, 0.3) is 11.5 Å². The fraction of sp³-hybridized carbons (Fsp3) is 0.238. The molecule has 1 fully saturated rings. The maximum atomic E-state index is 14.3. The minimum Gasteiger partial charge on any atom is -0.419 e. The predicted molar refractivity (Wildman–Crippen MR) is 108 cm³/mol. The Labute approximate surface area is 177 Å². The number of anilines is 1. The number of halogens is 2. The Morgan fingerprint density at radius 1 is 1.06 bits per heavy atom. The molecule has 0 unspecified atom stereocenters. The van der Waals surface area contributed by atoms with Gasteiger partial charge in [0.05, 0.1) is 10.5 Å². The number of piperidine rings is 1. The lowest BCUT2D eigenvalue weighted by Crippen LogP contribution is -2.38. The molecule has 2 N–H and O–H groups in total. The Bertz CT molecular complexity index is 1220. The summed E-state index contributed by atoms with van der Waals surface area (Å²) in [5.74, 6) is -2.17. The molecule has 2 heterocycles. The monoisotopic (exact) mass is 447 g/mol. The first-order valence-electron chi connectivity index (χ1n) is 9.58. The number of aromatic nitrogens is 1. The van der Waals surface area contributed by atoms with Gasteiger partial charge in [-0.3, -0.25) is 4.79 Å². The summed E-state index contributed by atoms with van der Waals surface area (Å²) in [4.78, 5) is 17.1. The van der Waals surface area contributed by atoms with Gasteiger partial charge in [-0.2, -0.15) is 4.98 Å². The topological polar surface area (TPSA) is 106 Å². The van der Waals surface area contributed by atoms with Crippen LogP contribution in [0.2, 0.25) is 0 Å². The Kier molecular flexibility index (Phi) is 5.48. The number of amides is 1. The van der Waals surface area contributed by atoms with Crippen LogP contribution >= 0.6 is 0 Å². The number of benzene rings is 2. The molecule has 0 saturated carbocycles. The van der Waals surface area contributed by atoms with Crippen LogP contribution in [0.5, 0.6) is 0 Å². The van der Waals surface area contributed by atoms with Crippen LogP contribution in [-0.4, -0.2) is 32.4 Å². The van der Waals surface area contributed by atoms with E-state index in [9.17, 15) is 22.0 Å². The number of nitrogens with zero attached hydrogens (tertiary/aromatic N) is 2. The van der Waals surface area contributed by atoms with Crippen LogP contribution in [-0.2, 0) is 14.6 Å². The lowest BCUT2D eigenvalue weighted by atomic mass is 9.96. The number of primary amides is 1. The fourth-order valence-electron chi connectivity index (χ4n) is 3.52. The van der Waals surface area contributed by atoms with Crippen molar-refractivity contribution in [1.29, 1.82) is 0 Å². The van der Waals surface area contributed by atoms with Crippen LogP contribution in [0.1, 0.15) is 12.8 Å². The average Bonchev–Trinajstić information content (AvgIpc) is 3.20. The number of hydrogen-bond acceptors (Lipinski definition) is 6. The smallest absolute Gasteiger partial charge is 0.236 e. The van der Waals surface area contributed by atoms with Gasteiger partial charge in [-0.05, 0) is 49.2 Å². The highest BCUT2D eigenvalue weighted by molar-refractivity contribution is 7.91. The molecule has 162 valence electrons. The number of carbonyl (C=O) groups is 1. The molecule has 31 heavy (non-hydrogen) atoms. The van der Waals surface area contributed by atoms with Gasteiger partial charge in [-0.15, -0.1) is 0 Å². The van der Waals surface area contributed by atoms with Gasteiger partial charge in [0.25, 0.3) is 0 Å². The molecule has 1 aliphatic heterocycles. The molecule has 0 spiro atoms. The van der Waals surface area contributed by atoms with E-state index >= 15 is 0 Å². The van der Waals surface area contributed by atoms with E-state index < -0.39 is 32.4 Å². The Morgan fingerprint density at radius 3 is 2.32 bits per heavy atom. The molecular weight excluding hydrogens is 428 g/mol. The number of hydrogen-bond donors (Lipinski definition) is 1. The maximum Gasteiger partial charge on any atom is 0.236 e. The van der Waals surface area contributed by atoms with E-state index in [4.69, 9.17) is 10.2 Å². The van der Waals surface area contributed by atoms with Crippen molar-refractivity contribution in [3.05, 3.63) is 60.2 Å². The summed E-state index contributed by atoms with van der Waals surface area (Å²) < 4.78 is 59.9. The van der Waals surface area contributed by atoms with Crippen molar-refractivity contribution in [2.24, 2.45) is 11.7 Å². The van der Waals surface area contributed by atoms with Crippen molar-refractivity contribution in [1.82, 2.24) is 4.98 Å². The van der Waals surface area contributed by atoms with Gasteiger partial charge in [-0.25, -0.2) is 17.2 Å². The van der Waals surface area contributed by atoms with Crippen LogP contribution in [0.4, 0.5) is 14.7 Å². The third kappa shape index (κ3) is 4.02. The van der Waals surface area contributed by atoms with Gasteiger partial charge in [0, 0.05) is 19.0 Å². The molecule has 1 amide bonds. The minimum absolute atomic E-state index is 0.0105. The summed E-state index contributed by atoms with van der Waals surface area (Å²) >= 11 is 0. The second kappa shape index (κ2) is 8.10. The molecule has 1 aromatic heterocycles. The molecule has 3 aromatic rings. The molecule has 0 aliphatic carbocycles. The highest BCUT2D eigenvalue weighted by atomic mass is 32.2. The first-order valence-corrected chi connectivity index (χ1v) is 11.1. The molecule has 1 aliphatic rings. The molecule has 4 rings (SSSR count). The second-order valence-corrected chi connectivity index (χ2v) is 9.10. The normalized spacial score (nSPS) is 15.2. The molecule has 0 bridgehead atoms. The lowest BCUT2D eigenvalue weighted by molar-refractivity contribution is -0.122. The zero-order valence-corrected chi connectivity index (χ0v) is 17.1. The van der Waals surface area contributed by atoms with Crippen molar-refractivity contribution in [3.8, 4) is 11.5 Å². The number of carbonyl (C=O) groups excluding carboxylic acids is 1. The van der Waals surface area contributed by atoms with E-state index in [0.29, 0.717) is 25.9 Å². The van der Waals surface area contributed by atoms with Crippen LogP contribution in [0.3, 0.4) is 0 Å². The van der Waals surface area contributed by atoms with E-state index in [2.05, 4.69) is 4.98 Å². The zero-order chi connectivity index (χ0) is 22.2. The van der Waals surface area contributed by atoms with Gasteiger partial charge in [0.1, 0.15) is 11.6 Å². The lowest BCUT2D eigenvalue weighted by Gasteiger charge is -2.30.